The number of hydrogen-bond acceptors (Lipinski definition) is 21. The fourth-order valence-electron chi connectivity index (χ4n) is 16.8. The summed E-state index contributed by atoms with van der Waals surface area (Å²) in [7, 11) is -1.00. The molecular weight excluding hydrogens is 1900 g/mol. The average Bonchev–Trinajstić information content (AvgIpc) is 1.61. The Balaban J connectivity index is 0.000000242. The maximum Gasteiger partial charge on any atom is 0.410 e. The largest absolute Gasteiger partial charge is 0.476 e. The molecular formula is C104H115Cl2F5N20O13. The van der Waals surface area contributed by atoms with Crippen LogP contribution in [0.15, 0.2) is 184 Å². The molecule has 4 N–H and O–H groups in total. The molecule has 4 unspecified atom stereocenters. The summed E-state index contributed by atoms with van der Waals surface area (Å²) in [6.45, 7) is 38.5. The Morgan fingerprint density at radius 1 is 0.562 bits per heavy atom. The molecule has 4 aliphatic carbocycles. The first-order valence-electron chi connectivity index (χ1n) is 45.7. The highest BCUT2D eigenvalue weighted by atomic mass is 35.5. The molecule has 40 heteroatoms. The van der Waals surface area contributed by atoms with E-state index in [2.05, 4.69) is 63.9 Å². The smallest absolute Gasteiger partial charge is 0.410 e. The summed E-state index contributed by atoms with van der Waals surface area (Å²) in [4.78, 5) is 109. The number of amides is 3. The first-order chi connectivity index (χ1) is 68.3. The van der Waals surface area contributed by atoms with Crippen molar-refractivity contribution < 1.29 is 85.7 Å². The van der Waals surface area contributed by atoms with E-state index >= 15 is 0 Å². The zero-order chi connectivity index (χ0) is 105. The number of nitrogen functional groups attached to an aromatic ring is 1. The van der Waals surface area contributed by atoms with Crippen LogP contribution in [0.1, 0.15) is 267 Å². The molecule has 0 saturated heterocycles. The summed E-state index contributed by atoms with van der Waals surface area (Å²) in [6.07, 6.45) is 20.9. The van der Waals surface area contributed by atoms with E-state index in [0.29, 0.717) is 108 Å². The molecule has 758 valence electrons. The van der Waals surface area contributed by atoms with Crippen molar-refractivity contribution in [2.24, 2.45) is 15.1 Å². The lowest BCUT2D eigenvalue weighted by molar-refractivity contribution is -0.129. The van der Waals surface area contributed by atoms with E-state index in [1.807, 2.05) is 111 Å². The number of carbonyl (C=O) groups excluding carboxylic acids is 7. The van der Waals surface area contributed by atoms with Gasteiger partial charge in [0.25, 0.3) is 0 Å². The second kappa shape index (κ2) is 54.4. The number of hydrogen-bond donors (Lipinski definition) is 3. The highest BCUT2D eigenvalue weighted by Crippen LogP contribution is 2.39. The monoisotopic (exact) mass is 2020 g/mol. The number of carboxylic acids is 1. The second-order valence-electron chi connectivity index (χ2n) is 34.2. The van der Waals surface area contributed by atoms with Crippen molar-refractivity contribution in [1.29, 1.82) is 16.1 Å². The number of rotatable bonds is 19. The molecule has 5 aromatic carbocycles. The van der Waals surface area contributed by atoms with Gasteiger partial charge in [0, 0.05) is 105 Å². The van der Waals surface area contributed by atoms with E-state index in [-0.39, 0.29) is 142 Å². The fourth-order valence-corrected chi connectivity index (χ4v) is 17.0. The van der Waals surface area contributed by atoms with Crippen molar-refractivity contribution in [2.75, 3.05) is 52.3 Å². The standard InChI is InChI=1S/C24H23FN4O3.C23H27FN4O4.C22H19FN4O3.C19H20FN3O2.C7H9N.C6H5ClO.CH3F.2CH4.ClHN4/c1-3-32-24(31)21-19-14-28(23(30)17-6-4-5-7-17)12-15(2)22(19)29(27-21)13-16-8-9-20(25)18(10-16)11-26;1-7-31-21(29)19-16-13-27(22(30)32-23(3,4)5)11-14(2)20(16)28(26-19)12-15-8-9-17(24)18(10-15)25-6;1-13-10-26(21(28)15-4-2-3-5-15)12-17-19(22(29)30)25-27(20(13)17)11-14-6-7-18(23)16(8-14)9-24;1-4-25-19(24)17-14-7-5-6-12(2)18(14)23(22-17)11-13-8-9-15(20)16(10-13)21-3;1-6-3-2-4-7(8)5-6;7-6(8)5-3-1-2-4-5;1-2;;;1-3-5-4-2/h4-6,8-10,15H,3,7,12-14H2,1-2H3;8-10,14H,7,11-13H2,1-5H3;2-4,6-8,13H,5,10-12H2,1H3,(H,29,30);8-10,12H,4-7,11H2,1-2H3;2-5H,8H2,1H3;1-3H,4H2;1H3;2*1H4;2H/i;;;;;;1D;;;. The molecule has 3 aliphatic heterocycles. The molecule has 4 atom stereocenters. The van der Waals surface area contributed by atoms with Crippen LogP contribution in [0.5, 0.6) is 0 Å². The number of carbonyl (C=O) groups is 8. The van der Waals surface area contributed by atoms with Crippen LogP contribution < -0.4 is 5.73 Å². The van der Waals surface area contributed by atoms with Gasteiger partial charge in [-0.2, -0.15) is 36.4 Å². The van der Waals surface area contributed by atoms with Crippen molar-refractivity contribution in [2.45, 2.75) is 205 Å². The average molecular weight is 2020 g/mol. The number of aromatic nitrogens is 8. The van der Waals surface area contributed by atoms with Gasteiger partial charge < -0.3 is 44.5 Å². The molecule has 4 aromatic heterocycles. The van der Waals surface area contributed by atoms with Crippen molar-refractivity contribution >= 4 is 87.5 Å². The molecule has 7 aliphatic rings. The third-order valence-corrected chi connectivity index (χ3v) is 23.1. The normalized spacial score (nSPS) is 15.6. The van der Waals surface area contributed by atoms with Gasteiger partial charge in [-0.3, -0.25) is 37.5 Å². The SMILES string of the molecule is C.C.CC1CN(C(=O)C2=CC=CC2)Cc2c(C(=O)O)nn(Cc3ccc(F)c(C#N)c3)c21.CCOC(=O)c1nn(Cc2ccc(F)c(C#N)c2)c2c1CN(C(=O)C1=CC=CC1)CC2C.Cc1cccc(N)c1.N=NN=NCl.O=C(Cl)C1=CC=CC1.[2H]CF.[C-]#[N+]c1cc(Cn2nc(C(=O)OCC)c3c2C(C)CCC3)ccc1F.[C-]#[N+]c1cc(Cn2nc(C(=O)OCC)c3c2C(C)CN(C(=O)OC(C)(C)C)C3)ccc1F. The van der Waals surface area contributed by atoms with Crippen molar-refractivity contribution in [3.63, 3.8) is 0 Å². The molecule has 3 amide bonds. The minimum Gasteiger partial charge on any atom is -0.476 e. The zero-order valence-corrected chi connectivity index (χ0v) is 81.5. The van der Waals surface area contributed by atoms with Crippen LogP contribution in [0, 0.1) is 71.5 Å². The molecule has 0 saturated carbocycles. The number of ether oxygens (including phenoxy) is 4. The number of aromatic carboxylic acids is 1. The number of nitrogens with two attached hydrogens (primary N) is 1. The lowest BCUT2D eigenvalue weighted by atomic mass is 9.87. The summed E-state index contributed by atoms with van der Waals surface area (Å²) in [5.74, 6) is -5.16. The minimum absolute atomic E-state index is 0. The summed E-state index contributed by atoms with van der Waals surface area (Å²) in [6, 6.07) is 28.8. The van der Waals surface area contributed by atoms with Gasteiger partial charge in [0.2, 0.25) is 28.4 Å². The van der Waals surface area contributed by atoms with Crippen LogP contribution in [-0.4, -0.2) is 158 Å². The molecule has 9 aromatic rings. The Bertz CT molecular complexity index is 6640. The number of aryl methyl sites for hydroxylation is 1. The Morgan fingerprint density at radius 3 is 1.24 bits per heavy atom. The van der Waals surface area contributed by atoms with Crippen molar-refractivity contribution in [3.8, 4) is 12.1 Å². The van der Waals surface area contributed by atoms with E-state index in [9.17, 15) is 65.4 Å². The number of allylic oxidation sites excluding steroid dienone is 10. The Morgan fingerprint density at radius 2 is 0.924 bits per heavy atom. The highest BCUT2D eigenvalue weighted by Gasteiger charge is 2.40. The number of anilines is 1. The van der Waals surface area contributed by atoms with Gasteiger partial charge >= 0.3 is 30.0 Å². The van der Waals surface area contributed by atoms with Crippen LogP contribution in [0.3, 0.4) is 0 Å². The van der Waals surface area contributed by atoms with Crippen LogP contribution in [0.2, 0.25) is 0 Å². The van der Waals surface area contributed by atoms with E-state index in [4.69, 9.17) is 66.9 Å². The summed E-state index contributed by atoms with van der Waals surface area (Å²) in [5, 5.41) is 50.4. The van der Waals surface area contributed by atoms with Gasteiger partial charge in [-0.25, -0.2) is 51.2 Å². The summed E-state index contributed by atoms with van der Waals surface area (Å²) < 4.78 is 101. The number of halogens is 7. The Hall–Kier alpha value is -15.7. The lowest BCUT2D eigenvalue weighted by Crippen LogP contribution is -2.41. The van der Waals surface area contributed by atoms with E-state index in [1.165, 1.54) is 54.1 Å². The Kier molecular flexibility index (Phi) is 42.9. The maximum absolute atomic E-state index is 13.7. The molecule has 7 heterocycles. The second-order valence-corrected chi connectivity index (χ2v) is 34.7. The molecule has 144 heavy (non-hydrogen) atoms. The van der Waals surface area contributed by atoms with Crippen molar-refractivity contribution in [1.82, 2.24) is 53.8 Å². The number of benzene rings is 5. The van der Waals surface area contributed by atoms with Crippen LogP contribution in [0.4, 0.5) is 43.8 Å². The summed E-state index contributed by atoms with van der Waals surface area (Å²) >= 11 is 9.68. The minimum atomic E-state index is -1.16. The number of fused-ring (bicyclic) bond motifs is 4. The third-order valence-electron chi connectivity index (χ3n) is 22.8. The third kappa shape index (κ3) is 30.0. The van der Waals surface area contributed by atoms with Gasteiger partial charge in [-0.05, 0) is 203 Å². The molecule has 0 bridgehead atoms. The molecule has 16 rings (SSSR count). The number of alkyl halides is 1. The zero-order valence-electron chi connectivity index (χ0n) is 81.0. The number of nitrogens with zero attached hydrogens (tertiary/aromatic N) is 18. The number of carboxylic acid groups (broad SMARTS) is 1. The van der Waals surface area contributed by atoms with Gasteiger partial charge in [-0.15, -0.1) is 0 Å². The maximum atomic E-state index is 13.7. The molecule has 0 radical (unpaired) electrons. The van der Waals surface area contributed by atoms with Crippen LogP contribution in [0.25, 0.3) is 9.69 Å². The van der Waals surface area contributed by atoms with Gasteiger partial charge in [0.05, 0.1) is 110 Å². The highest BCUT2D eigenvalue weighted by molar-refractivity contribution is 6.67. The lowest BCUT2D eigenvalue weighted by Gasteiger charge is -2.33. The summed E-state index contributed by atoms with van der Waals surface area (Å²) in [5.41, 5.74) is 24.3. The quantitative estimate of drug-likeness (QED) is 0.00989. The first-order valence-corrected chi connectivity index (χ1v) is 45.7. The van der Waals surface area contributed by atoms with Gasteiger partial charge in [0.1, 0.15) is 41.0 Å². The number of nitriles is 2. The van der Waals surface area contributed by atoms with Gasteiger partial charge in [0.15, 0.2) is 22.8 Å². The first kappa shape index (κ1) is 114. The number of esters is 3. The fraction of sp³-hybridized carbons (Fsp3) is 0.365. The van der Waals surface area contributed by atoms with E-state index in [0.717, 1.165) is 64.4 Å². The molecule has 0 fully saturated rings. The predicted molar refractivity (Wildman–Crippen MR) is 530 cm³/mol. The molecule has 0 spiro atoms. The van der Waals surface area contributed by atoms with Crippen molar-refractivity contribution in [3.05, 3.63) is 321 Å². The van der Waals surface area contributed by atoms with Crippen LogP contribution in [-0.2, 0) is 85.6 Å². The Labute approximate surface area is 844 Å². The predicted octanol–water partition coefficient (Wildman–Crippen LogP) is 21.9. The van der Waals surface area contributed by atoms with E-state index in [1.54, 1.807) is 107 Å². The van der Waals surface area contributed by atoms with Crippen LogP contribution >= 0.6 is 23.4 Å². The van der Waals surface area contributed by atoms with Gasteiger partial charge in [-0.1, -0.05) is 138 Å². The van der Waals surface area contributed by atoms with E-state index < -0.39 is 66.0 Å². The topological polar surface area (TPSA) is 418 Å². The number of nitrogens with one attached hydrogen (secondary N) is 1. The molecule has 33 nitrogen and oxygen atoms in total.